The standard InChI is InChI=1S/C14H12BrClFN/c1-9-13(17)3-2-4-14(9)18-8-10-5-6-11(15)7-12(10)16/h2-7,18H,8H2,1H3. The van der Waals surface area contributed by atoms with E-state index in [-0.39, 0.29) is 5.82 Å². The number of benzene rings is 2. The Balaban J connectivity index is 2.14. The van der Waals surface area contributed by atoms with Gasteiger partial charge in [0.25, 0.3) is 0 Å². The average Bonchev–Trinajstić information content (AvgIpc) is 2.33. The maximum atomic E-state index is 13.4. The summed E-state index contributed by atoms with van der Waals surface area (Å²) in [5.74, 6) is -0.207. The van der Waals surface area contributed by atoms with E-state index >= 15 is 0 Å². The largest absolute Gasteiger partial charge is 0.381 e. The van der Waals surface area contributed by atoms with Crippen LogP contribution in [0.25, 0.3) is 0 Å². The number of halogens is 3. The molecule has 0 aliphatic rings. The molecule has 18 heavy (non-hydrogen) atoms. The molecule has 94 valence electrons. The van der Waals surface area contributed by atoms with Gasteiger partial charge in [0.1, 0.15) is 5.82 Å². The summed E-state index contributed by atoms with van der Waals surface area (Å²) in [6.07, 6.45) is 0. The molecule has 1 N–H and O–H groups in total. The lowest BCUT2D eigenvalue weighted by atomic mass is 10.1. The molecule has 0 amide bonds. The Morgan fingerprint density at radius 3 is 2.78 bits per heavy atom. The smallest absolute Gasteiger partial charge is 0.128 e. The SMILES string of the molecule is Cc1c(F)cccc1NCc1ccc(Br)cc1Cl. The maximum Gasteiger partial charge on any atom is 0.128 e. The quantitative estimate of drug-likeness (QED) is 0.820. The van der Waals surface area contributed by atoms with Gasteiger partial charge in [-0.1, -0.05) is 39.7 Å². The minimum absolute atomic E-state index is 0.207. The molecule has 4 heteroatoms. The Bertz CT molecular complexity index is 572. The predicted octanol–water partition coefficient (Wildman–Crippen LogP) is 5.16. The molecule has 2 aromatic carbocycles. The molecule has 0 saturated carbocycles. The highest BCUT2D eigenvalue weighted by Gasteiger charge is 2.05. The number of nitrogens with one attached hydrogen (secondary N) is 1. The molecule has 0 aliphatic carbocycles. The topological polar surface area (TPSA) is 12.0 Å². The normalized spacial score (nSPS) is 10.4. The molecule has 0 spiro atoms. The van der Waals surface area contributed by atoms with E-state index < -0.39 is 0 Å². The molecule has 0 radical (unpaired) electrons. The van der Waals surface area contributed by atoms with Crippen molar-refractivity contribution in [1.29, 1.82) is 0 Å². The lowest BCUT2D eigenvalue weighted by Gasteiger charge is -2.11. The van der Waals surface area contributed by atoms with Crippen molar-refractivity contribution < 1.29 is 4.39 Å². The molecular formula is C14H12BrClFN. The van der Waals surface area contributed by atoms with E-state index in [9.17, 15) is 4.39 Å². The van der Waals surface area contributed by atoms with Gasteiger partial charge >= 0.3 is 0 Å². The first kappa shape index (κ1) is 13.4. The third-order valence-electron chi connectivity index (χ3n) is 2.75. The molecule has 0 fully saturated rings. The molecule has 0 unspecified atom stereocenters. The zero-order valence-electron chi connectivity index (χ0n) is 9.81. The summed E-state index contributed by atoms with van der Waals surface area (Å²) in [4.78, 5) is 0. The lowest BCUT2D eigenvalue weighted by molar-refractivity contribution is 0.619. The molecule has 0 atom stereocenters. The van der Waals surface area contributed by atoms with Crippen LogP contribution < -0.4 is 5.32 Å². The van der Waals surface area contributed by atoms with Crippen LogP contribution in [-0.2, 0) is 6.54 Å². The van der Waals surface area contributed by atoms with Crippen molar-refractivity contribution in [3.63, 3.8) is 0 Å². The predicted molar refractivity (Wildman–Crippen MR) is 77.6 cm³/mol. The number of rotatable bonds is 3. The third-order valence-corrected chi connectivity index (χ3v) is 3.60. The van der Waals surface area contributed by atoms with Crippen molar-refractivity contribution in [3.8, 4) is 0 Å². The van der Waals surface area contributed by atoms with Crippen molar-refractivity contribution in [2.45, 2.75) is 13.5 Å². The fraction of sp³-hybridized carbons (Fsp3) is 0.143. The first-order valence-corrected chi connectivity index (χ1v) is 6.68. The van der Waals surface area contributed by atoms with E-state index in [1.165, 1.54) is 6.07 Å². The van der Waals surface area contributed by atoms with E-state index in [1.807, 2.05) is 24.3 Å². The fourth-order valence-corrected chi connectivity index (χ4v) is 2.39. The van der Waals surface area contributed by atoms with Crippen molar-refractivity contribution in [2.24, 2.45) is 0 Å². The van der Waals surface area contributed by atoms with Crippen LogP contribution in [0.2, 0.25) is 5.02 Å². The van der Waals surface area contributed by atoms with Crippen molar-refractivity contribution in [2.75, 3.05) is 5.32 Å². The van der Waals surface area contributed by atoms with Crippen LogP contribution >= 0.6 is 27.5 Å². The van der Waals surface area contributed by atoms with Gasteiger partial charge in [0.2, 0.25) is 0 Å². The van der Waals surface area contributed by atoms with Crippen molar-refractivity contribution >= 4 is 33.2 Å². The van der Waals surface area contributed by atoms with Crippen LogP contribution in [0, 0.1) is 12.7 Å². The summed E-state index contributed by atoms with van der Waals surface area (Å²) in [6.45, 7) is 2.32. The summed E-state index contributed by atoms with van der Waals surface area (Å²) in [6, 6.07) is 10.7. The lowest BCUT2D eigenvalue weighted by Crippen LogP contribution is -2.02. The maximum absolute atomic E-state index is 13.4. The fourth-order valence-electron chi connectivity index (χ4n) is 1.65. The van der Waals surface area contributed by atoms with Crippen LogP contribution in [0.15, 0.2) is 40.9 Å². The van der Waals surface area contributed by atoms with Gasteiger partial charge in [0.05, 0.1) is 0 Å². The molecule has 0 heterocycles. The van der Waals surface area contributed by atoms with E-state index in [2.05, 4.69) is 21.2 Å². The minimum atomic E-state index is -0.207. The summed E-state index contributed by atoms with van der Waals surface area (Å²) < 4.78 is 14.3. The third kappa shape index (κ3) is 3.03. The van der Waals surface area contributed by atoms with Crippen LogP contribution in [0.3, 0.4) is 0 Å². The number of hydrogen-bond donors (Lipinski definition) is 1. The second kappa shape index (κ2) is 5.72. The minimum Gasteiger partial charge on any atom is -0.381 e. The molecular weight excluding hydrogens is 317 g/mol. The first-order valence-electron chi connectivity index (χ1n) is 5.51. The summed E-state index contributed by atoms with van der Waals surface area (Å²) >= 11 is 9.48. The van der Waals surface area contributed by atoms with E-state index in [4.69, 9.17) is 11.6 Å². The Labute approximate surface area is 119 Å². The van der Waals surface area contributed by atoms with Gasteiger partial charge in [-0.25, -0.2) is 4.39 Å². The van der Waals surface area contributed by atoms with Crippen LogP contribution in [-0.4, -0.2) is 0 Å². The zero-order chi connectivity index (χ0) is 13.1. The number of hydrogen-bond acceptors (Lipinski definition) is 1. The van der Waals surface area contributed by atoms with Crippen molar-refractivity contribution in [1.82, 2.24) is 0 Å². The Morgan fingerprint density at radius 1 is 1.28 bits per heavy atom. The number of anilines is 1. The van der Waals surface area contributed by atoms with E-state index in [1.54, 1.807) is 13.0 Å². The zero-order valence-corrected chi connectivity index (χ0v) is 12.1. The van der Waals surface area contributed by atoms with Gasteiger partial charge < -0.3 is 5.32 Å². The molecule has 0 aromatic heterocycles. The van der Waals surface area contributed by atoms with Crippen molar-refractivity contribution in [3.05, 3.63) is 62.8 Å². The molecule has 0 aliphatic heterocycles. The molecule has 0 bridgehead atoms. The van der Waals surface area contributed by atoms with Gasteiger partial charge in [0.15, 0.2) is 0 Å². The van der Waals surface area contributed by atoms with Crippen LogP contribution in [0.4, 0.5) is 10.1 Å². The van der Waals surface area contributed by atoms with E-state index in [0.717, 1.165) is 15.7 Å². The molecule has 0 saturated heterocycles. The summed E-state index contributed by atoms with van der Waals surface area (Å²) in [5.41, 5.74) is 2.38. The molecule has 2 rings (SSSR count). The average molecular weight is 329 g/mol. The van der Waals surface area contributed by atoms with Gasteiger partial charge in [-0.2, -0.15) is 0 Å². The monoisotopic (exact) mass is 327 g/mol. The van der Waals surface area contributed by atoms with Crippen LogP contribution in [0.5, 0.6) is 0 Å². The highest BCUT2D eigenvalue weighted by molar-refractivity contribution is 9.10. The van der Waals surface area contributed by atoms with Gasteiger partial charge in [-0.15, -0.1) is 0 Å². The second-order valence-corrected chi connectivity index (χ2v) is 5.32. The Kier molecular flexibility index (Phi) is 4.25. The summed E-state index contributed by atoms with van der Waals surface area (Å²) in [7, 11) is 0. The van der Waals surface area contributed by atoms with Crippen LogP contribution in [0.1, 0.15) is 11.1 Å². The highest BCUT2D eigenvalue weighted by atomic mass is 79.9. The van der Waals surface area contributed by atoms with Gasteiger partial charge in [-0.05, 0) is 36.8 Å². The second-order valence-electron chi connectivity index (χ2n) is 4.00. The van der Waals surface area contributed by atoms with Gasteiger partial charge in [-0.3, -0.25) is 0 Å². The molecule has 1 nitrogen and oxygen atoms in total. The Morgan fingerprint density at radius 2 is 2.06 bits per heavy atom. The highest BCUT2D eigenvalue weighted by Crippen LogP contribution is 2.23. The van der Waals surface area contributed by atoms with E-state index in [0.29, 0.717) is 17.1 Å². The first-order chi connectivity index (χ1) is 8.58. The Hall–Kier alpha value is -1.06. The van der Waals surface area contributed by atoms with Gasteiger partial charge in [0, 0.05) is 27.3 Å². The molecule has 2 aromatic rings. The summed E-state index contributed by atoms with van der Waals surface area (Å²) in [5, 5.41) is 3.88.